The summed E-state index contributed by atoms with van der Waals surface area (Å²) in [5.41, 5.74) is 1.64. The molecule has 0 radical (unpaired) electrons. The summed E-state index contributed by atoms with van der Waals surface area (Å²) in [4.78, 5) is 11.0. The lowest BCUT2D eigenvalue weighted by Gasteiger charge is -2.04. The van der Waals surface area contributed by atoms with E-state index in [1.54, 1.807) is 6.20 Å². The van der Waals surface area contributed by atoms with Crippen molar-refractivity contribution in [2.75, 3.05) is 11.9 Å². The highest BCUT2D eigenvalue weighted by molar-refractivity contribution is 5.38. The summed E-state index contributed by atoms with van der Waals surface area (Å²) in [7, 11) is 0. The van der Waals surface area contributed by atoms with Crippen molar-refractivity contribution < 1.29 is 0 Å². The molecule has 0 unspecified atom stereocenters. The van der Waals surface area contributed by atoms with E-state index in [2.05, 4.69) is 20.6 Å². The van der Waals surface area contributed by atoms with Crippen molar-refractivity contribution in [3.63, 3.8) is 0 Å². The first-order valence-corrected chi connectivity index (χ1v) is 5.02. The molecule has 16 heavy (non-hydrogen) atoms. The molecular weight excluding hydrogens is 206 g/mol. The van der Waals surface area contributed by atoms with Crippen molar-refractivity contribution in [1.82, 2.24) is 20.0 Å². The first-order valence-electron chi connectivity index (χ1n) is 5.02. The Bertz CT molecular complexity index is 516. The van der Waals surface area contributed by atoms with Crippen LogP contribution in [-0.4, -0.2) is 26.5 Å². The second-order valence-electron chi connectivity index (χ2n) is 3.54. The van der Waals surface area contributed by atoms with Crippen LogP contribution < -0.4 is 10.9 Å². The molecule has 84 valence electrons. The van der Waals surface area contributed by atoms with Crippen LogP contribution >= 0.6 is 0 Å². The molecule has 2 aromatic heterocycles. The Morgan fingerprint density at radius 3 is 3.06 bits per heavy atom. The summed E-state index contributed by atoms with van der Waals surface area (Å²) in [6, 6.07) is 1.47. The molecule has 0 aliphatic heterocycles. The zero-order chi connectivity index (χ0) is 11.4. The van der Waals surface area contributed by atoms with E-state index in [9.17, 15) is 4.79 Å². The van der Waals surface area contributed by atoms with Gasteiger partial charge in [-0.2, -0.15) is 10.2 Å². The minimum Gasteiger partial charge on any atom is -0.382 e. The molecule has 2 heterocycles. The van der Waals surface area contributed by atoms with Gasteiger partial charge in [-0.25, -0.2) is 5.10 Å². The number of rotatable bonds is 4. The Labute approximate surface area is 92.3 Å². The predicted octanol–water partition coefficient (Wildman–Crippen LogP) is 0.387. The van der Waals surface area contributed by atoms with Gasteiger partial charge in [-0.1, -0.05) is 0 Å². The summed E-state index contributed by atoms with van der Waals surface area (Å²) in [6.07, 6.45) is 5.36. The Hall–Kier alpha value is -2.11. The molecule has 0 aliphatic carbocycles. The van der Waals surface area contributed by atoms with Gasteiger partial charge in [0, 0.05) is 18.8 Å². The molecule has 2 N–H and O–H groups in total. The van der Waals surface area contributed by atoms with Gasteiger partial charge in [-0.3, -0.25) is 9.48 Å². The highest BCUT2D eigenvalue weighted by atomic mass is 16.1. The molecular formula is C10H13N5O. The van der Waals surface area contributed by atoms with Gasteiger partial charge in [0.05, 0.1) is 24.6 Å². The quantitative estimate of drug-likeness (QED) is 0.779. The number of aryl methyl sites for hydroxylation is 1. The number of anilines is 1. The third-order valence-electron chi connectivity index (χ3n) is 2.10. The fraction of sp³-hybridized carbons (Fsp3) is 0.300. The number of hydrogen-bond acceptors (Lipinski definition) is 4. The Morgan fingerprint density at radius 2 is 2.38 bits per heavy atom. The summed E-state index contributed by atoms with van der Waals surface area (Å²) in [6.45, 7) is 3.45. The van der Waals surface area contributed by atoms with E-state index >= 15 is 0 Å². The minimum absolute atomic E-state index is 0.208. The van der Waals surface area contributed by atoms with Crippen LogP contribution in [0.25, 0.3) is 0 Å². The van der Waals surface area contributed by atoms with Crippen LogP contribution in [0.5, 0.6) is 0 Å². The lowest BCUT2D eigenvalue weighted by molar-refractivity contribution is 0.637. The van der Waals surface area contributed by atoms with Crippen LogP contribution in [0.15, 0.2) is 29.5 Å². The van der Waals surface area contributed by atoms with Crippen molar-refractivity contribution >= 4 is 5.69 Å². The van der Waals surface area contributed by atoms with E-state index in [0.717, 1.165) is 12.1 Å². The molecule has 0 spiro atoms. The van der Waals surface area contributed by atoms with Gasteiger partial charge in [0.1, 0.15) is 0 Å². The second-order valence-corrected chi connectivity index (χ2v) is 3.54. The second kappa shape index (κ2) is 4.61. The van der Waals surface area contributed by atoms with E-state index < -0.39 is 0 Å². The number of H-pyrrole nitrogens is 1. The monoisotopic (exact) mass is 219 g/mol. The standard InChI is InChI=1S/C10H13N5O/c1-8-5-13-15(7-8)3-2-11-9-4-10(16)14-12-6-9/h4-7H,2-3H2,1H3,(H2,11,14,16). The number of aromatic amines is 1. The molecule has 6 heteroatoms. The van der Waals surface area contributed by atoms with Gasteiger partial charge in [0.25, 0.3) is 5.56 Å². The van der Waals surface area contributed by atoms with Gasteiger partial charge >= 0.3 is 0 Å². The number of nitrogens with zero attached hydrogens (tertiary/aromatic N) is 3. The van der Waals surface area contributed by atoms with E-state index in [1.165, 1.54) is 6.07 Å². The third-order valence-corrected chi connectivity index (χ3v) is 2.10. The topological polar surface area (TPSA) is 75.6 Å². The molecule has 0 saturated heterocycles. The van der Waals surface area contributed by atoms with Crippen LogP contribution in [0.4, 0.5) is 5.69 Å². The lowest BCUT2D eigenvalue weighted by Crippen LogP contribution is -2.13. The average molecular weight is 219 g/mol. The molecule has 6 nitrogen and oxygen atoms in total. The van der Waals surface area contributed by atoms with Gasteiger partial charge in [0.2, 0.25) is 0 Å². The van der Waals surface area contributed by atoms with E-state index in [4.69, 9.17) is 0 Å². The van der Waals surface area contributed by atoms with Crippen LogP contribution in [0.3, 0.4) is 0 Å². The Kier molecular flexibility index (Phi) is 3.00. The maximum Gasteiger partial charge on any atom is 0.266 e. The minimum atomic E-state index is -0.208. The number of nitrogens with one attached hydrogen (secondary N) is 2. The summed E-state index contributed by atoms with van der Waals surface area (Å²) in [5, 5.41) is 13.3. The highest BCUT2D eigenvalue weighted by Gasteiger charge is 1.95. The maximum absolute atomic E-state index is 11.0. The summed E-state index contributed by atoms with van der Waals surface area (Å²) >= 11 is 0. The van der Waals surface area contributed by atoms with Gasteiger partial charge in [-0.05, 0) is 12.5 Å². The normalized spacial score (nSPS) is 10.3. The van der Waals surface area contributed by atoms with E-state index in [-0.39, 0.29) is 5.56 Å². The Morgan fingerprint density at radius 1 is 1.50 bits per heavy atom. The van der Waals surface area contributed by atoms with Crippen LogP contribution in [0.2, 0.25) is 0 Å². The van der Waals surface area contributed by atoms with Crippen molar-refractivity contribution in [3.05, 3.63) is 40.6 Å². The molecule has 0 bridgehead atoms. The predicted molar refractivity (Wildman–Crippen MR) is 60.3 cm³/mol. The molecule has 0 amide bonds. The SMILES string of the molecule is Cc1cnn(CCNc2cn[nH]c(=O)c2)c1. The first-order chi connectivity index (χ1) is 7.74. The van der Waals surface area contributed by atoms with Crippen LogP contribution in [0.1, 0.15) is 5.56 Å². The van der Waals surface area contributed by atoms with E-state index in [1.807, 2.05) is 24.0 Å². The zero-order valence-corrected chi connectivity index (χ0v) is 8.97. The molecule has 2 rings (SSSR count). The molecule has 0 atom stereocenters. The van der Waals surface area contributed by atoms with Gasteiger partial charge in [-0.15, -0.1) is 0 Å². The average Bonchev–Trinajstić information content (AvgIpc) is 2.64. The van der Waals surface area contributed by atoms with Crippen molar-refractivity contribution in [1.29, 1.82) is 0 Å². The number of hydrogen-bond donors (Lipinski definition) is 2. The van der Waals surface area contributed by atoms with Gasteiger partial charge < -0.3 is 5.32 Å². The fourth-order valence-electron chi connectivity index (χ4n) is 1.38. The zero-order valence-electron chi connectivity index (χ0n) is 8.97. The van der Waals surface area contributed by atoms with E-state index in [0.29, 0.717) is 12.2 Å². The van der Waals surface area contributed by atoms with Crippen LogP contribution in [-0.2, 0) is 6.54 Å². The third kappa shape index (κ3) is 2.69. The van der Waals surface area contributed by atoms with Gasteiger partial charge in [0.15, 0.2) is 0 Å². The molecule has 0 aromatic carbocycles. The molecule has 2 aromatic rings. The maximum atomic E-state index is 11.0. The summed E-state index contributed by atoms with van der Waals surface area (Å²) < 4.78 is 1.85. The smallest absolute Gasteiger partial charge is 0.266 e. The van der Waals surface area contributed by atoms with Crippen LogP contribution in [0, 0.1) is 6.92 Å². The highest BCUT2D eigenvalue weighted by Crippen LogP contribution is 1.98. The Balaban J connectivity index is 1.86. The molecule has 0 fully saturated rings. The first kappa shape index (κ1) is 10.4. The summed E-state index contributed by atoms with van der Waals surface area (Å²) in [5.74, 6) is 0. The fourth-order valence-corrected chi connectivity index (χ4v) is 1.38. The number of aromatic nitrogens is 4. The van der Waals surface area contributed by atoms with Crippen molar-refractivity contribution in [2.45, 2.75) is 13.5 Å². The molecule has 0 aliphatic rings. The molecule has 0 saturated carbocycles. The van der Waals surface area contributed by atoms with Crippen molar-refractivity contribution in [3.8, 4) is 0 Å². The lowest BCUT2D eigenvalue weighted by atomic mass is 10.4. The van der Waals surface area contributed by atoms with Crippen molar-refractivity contribution in [2.24, 2.45) is 0 Å². The largest absolute Gasteiger partial charge is 0.382 e.